The molecule has 0 radical (unpaired) electrons. The van der Waals surface area contributed by atoms with Crippen molar-refractivity contribution in [3.05, 3.63) is 48.0 Å². The maximum absolute atomic E-state index is 12.5. The highest BCUT2D eigenvalue weighted by molar-refractivity contribution is 7.92. The van der Waals surface area contributed by atoms with E-state index in [0.29, 0.717) is 36.8 Å². The van der Waals surface area contributed by atoms with Gasteiger partial charge in [0.25, 0.3) is 0 Å². The van der Waals surface area contributed by atoms with Crippen LogP contribution < -0.4 is 23.8 Å². The lowest BCUT2D eigenvalue weighted by Gasteiger charge is -2.25. The molecular weight excluding hydrogens is 432 g/mol. The molecule has 0 bridgehead atoms. The lowest BCUT2D eigenvalue weighted by Crippen LogP contribution is -2.33. The van der Waals surface area contributed by atoms with Crippen LogP contribution in [-0.2, 0) is 14.8 Å². The summed E-state index contributed by atoms with van der Waals surface area (Å²) < 4.78 is 42.3. The minimum absolute atomic E-state index is 0.114. The zero-order valence-electron chi connectivity index (χ0n) is 18.7. The van der Waals surface area contributed by atoms with Crippen molar-refractivity contribution in [2.45, 2.75) is 32.2 Å². The monoisotopic (exact) mass is 462 g/mol. The number of anilines is 1. The van der Waals surface area contributed by atoms with Gasteiger partial charge in [0, 0.05) is 19.0 Å². The molecule has 0 saturated carbocycles. The number of carbonyl (C=O) groups is 1. The zero-order chi connectivity index (χ0) is 23.1. The zero-order valence-corrected chi connectivity index (χ0v) is 19.5. The molecule has 0 aromatic heterocycles. The second-order valence-electron chi connectivity index (χ2n) is 7.57. The topological polar surface area (TPSA) is 94.2 Å². The van der Waals surface area contributed by atoms with E-state index in [-0.39, 0.29) is 24.9 Å². The number of hydrogen-bond donors (Lipinski definition) is 1. The summed E-state index contributed by atoms with van der Waals surface area (Å²) >= 11 is 0. The number of rotatable bonds is 10. The molecule has 8 nitrogen and oxygen atoms in total. The van der Waals surface area contributed by atoms with Crippen LogP contribution in [0.25, 0.3) is 0 Å². The van der Waals surface area contributed by atoms with E-state index in [9.17, 15) is 13.2 Å². The van der Waals surface area contributed by atoms with Crippen molar-refractivity contribution in [2.24, 2.45) is 0 Å². The maximum atomic E-state index is 12.5. The number of hydrogen-bond acceptors (Lipinski definition) is 6. The molecular formula is C23H30N2O6S. The summed E-state index contributed by atoms with van der Waals surface area (Å²) in [5, 5.41) is 3.03. The van der Waals surface area contributed by atoms with E-state index in [4.69, 9.17) is 14.2 Å². The van der Waals surface area contributed by atoms with E-state index >= 15 is 0 Å². The molecule has 1 amide bonds. The summed E-state index contributed by atoms with van der Waals surface area (Å²) in [5.41, 5.74) is 1.48. The van der Waals surface area contributed by atoms with Crippen LogP contribution in [0.4, 0.5) is 5.69 Å². The van der Waals surface area contributed by atoms with E-state index in [1.54, 1.807) is 25.3 Å². The van der Waals surface area contributed by atoms with Gasteiger partial charge in [-0.15, -0.1) is 0 Å². The molecule has 1 aliphatic rings. The molecule has 3 rings (SSSR count). The third kappa shape index (κ3) is 6.06. The highest BCUT2D eigenvalue weighted by atomic mass is 32.2. The van der Waals surface area contributed by atoms with Gasteiger partial charge >= 0.3 is 0 Å². The van der Waals surface area contributed by atoms with Crippen LogP contribution in [0.15, 0.2) is 42.5 Å². The Balaban J connectivity index is 1.60. The third-order valence-electron chi connectivity index (χ3n) is 5.24. The lowest BCUT2D eigenvalue weighted by atomic mass is 10.0. The summed E-state index contributed by atoms with van der Waals surface area (Å²) in [6, 6.07) is 12.5. The highest BCUT2D eigenvalue weighted by Crippen LogP contribution is 2.34. The first-order valence-electron chi connectivity index (χ1n) is 10.6. The average Bonchev–Trinajstić information content (AvgIpc) is 2.79. The number of fused-ring (bicyclic) bond motifs is 1. The smallest absolute Gasteiger partial charge is 0.232 e. The molecule has 1 atom stereocenters. The SMILES string of the molecule is CC[C@@H](NC(=O)CCCN(c1ccc2c(c1)OCCO2)S(C)(=O)=O)c1ccc(OC)cc1. The first-order chi connectivity index (χ1) is 15.3. The number of carbonyl (C=O) groups excluding carboxylic acids is 1. The summed E-state index contributed by atoms with van der Waals surface area (Å²) in [5.74, 6) is 1.75. The maximum Gasteiger partial charge on any atom is 0.232 e. The number of amides is 1. The number of sulfonamides is 1. The summed E-state index contributed by atoms with van der Waals surface area (Å²) in [4.78, 5) is 12.5. The van der Waals surface area contributed by atoms with Crippen molar-refractivity contribution in [1.29, 1.82) is 0 Å². The van der Waals surface area contributed by atoms with Crippen LogP contribution in [0, 0.1) is 0 Å². The van der Waals surface area contributed by atoms with Crippen LogP contribution in [0.5, 0.6) is 17.2 Å². The van der Waals surface area contributed by atoms with E-state index in [0.717, 1.165) is 24.0 Å². The van der Waals surface area contributed by atoms with Gasteiger partial charge in [0.05, 0.1) is 25.1 Å². The van der Waals surface area contributed by atoms with Gasteiger partial charge in [0.15, 0.2) is 11.5 Å². The molecule has 174 valence electrons. The fraction of sp³-hybridized carbons (Fsp3) is 0.435. The molecule has 1 aliphatic heterocycles. The minimum Gasteiger partial charge on any atom is -0.497 e. The van der Waals surface area contributed by atoms with Gasteiger partial charge in [-0.2, -0.15) is 0 Å². The fourth-order valence-corrected chi connectivity index (χ4v) is 4.54. The first kappa shape index (κ1) is 23.7. The molecule has 9 heteroatoms. The number of nitrogens with zero attached hydrogens (tertiary/aromatic N) is 1. The number of methoxy groups -OCH3 is 1. The minimum atomic E-state index is -3.53. The van der Waals surface area contributed by atoms with E-state index < -0.39 is 10.0 Å². The summed E-state index contributed by atoms with van der Waals surface area (Å²) in [6.45, 7) is 3.07. The lowest BCUT2D eigenvalue weighted by molar-refractivity contribution is -0.121. The van der Waals surface area contributed by atoms with Gasteiger partial charge in [-0.25, -0.2) is 8.42 Å². The van der Waals surface area contributed by atoms with Crippen LogP contribution in [0.3, 0.4) is 0 Å². The quantitative estimate of drug-likeness (QED) is 0.582. The second kappa shape index (κ2) is 10.6. The van der Waals surface area contributed by atoms with Crippen LogP contribution in [-0.4, -0.2) is 47.4 Å². The summed E-state index contributed by atoms with van der Waals surface area (Å²) in [7, 11) is -1.92. The number of benzene rings is 2. The van der Waals surface area contributed by atoms with Crippen LogP contribution >= 0.6 is 0 Å². The Morgan fingerprint density at radius 3 is 2.44 bits per heavy atom. The van der Waals surface area contributed by atoms with Crippen molar-refractivity contribution in [3.63, 3.8) is 0 Å². The van der Waals surface area contributed by atoms with Gasteiger partial charge in [0.1, 0.15) is 19.0 Å². The van der Waals surface area contributed by atoms with Crippen molar-refractivity contribution >= 4 is 21.6 Å². The van der Waals surface area contributed by atoms with Gasteiger partial charge in [-0.1, -0.05) is 19.1 Å². The molecule has 32 heavy (non-hydrogen) atoms. The van der Waals surface area contributed by atoms with Gasteiger partial charge in [-0.05, 0) is 42.7 Å². The highest BCUT2D eigenvalue weighted by Gasteiger charge is 2.21. The van der Waals surface area contributed by atoms with Crippen molar-refractivity contribution in [1.82, 2.24) is 5.32 Å². The standard InChI is InChI=1S/C23H30N2O6S/c1-4-20(17-7-10-19(29-2)11-8-17)24-23(26)6-5-13-25(32(3,27)28)18-9-12-21-22(16-18)31-15-14-30-21/h7-12,16,20H,4-6,13-15H2,1-3H3,(H,24,26)/t20-/m1/s1. The van der Waals surface area contributed by atoms with Crippen molar-refractivity contribution in [2.75, 3.05) is 37.4 Å². The Kier molecular flexibility index (Phi) is 7.84. The largest absolute Gasteiger partial charge is 0.497 e. The van der Waals surface area contributed by atoms with Crippen molar-refractivity contribution in [3.8, 4) is 17.2 Å². The number of nitrogens with one attached hydrogen (secondary N) is 1. The Labute approximate surface area is 189 Å². The Hall–Kier alpha value is -2.94. The Bertz CT molecular complexity index is 1020. The third-order valence-corrected chi connectivity index (χ3v) is 6.43. The van der Waals surface area contributed by atoms with Gasteiger partial charge in [0.2, 0.25) is 15.9 Å². The van der Waals surface area contributed by atoms with Crippen LogP contribution in [0.1, 0.15) is 37.8 Å². The first-order valence-corrected chi connectivity index (χ1v) is 12.5. The van der Waals surface area contributed by atoms with Crippen LogP contribution in [0.2, 0.25) is 0 Å². The van der Waals surface area contributed by atoms with E-state index in [2.05, 4.69) is 5.32 Å². The Morgan fingerprint density at radius 1 is 1.12 bits per heavy atom. The average molecular weight is 463 g/mol. The molecule has 0 fully saturated rings. The fourth-order valence-electron chi connectivity index (χ4n) is 3.58. The van der Waals surface area contributed by atoms with Gasteiger partial charge in [-0.3, -0.25) is 9.10 Å². The second-order valence-corrected chi connectivity index (χ2v) is 9.47. The molecule has 1 N–H and O–H groups in total. The molecule has 0 unspecified atom stereocenters. The normalized spacial score (nSPS) is 13.8. The predicted molar refractivity (Wildman–Crippen MR) is 123 cm³/mol. The summed E-state index contributed by atoms with van der Waals surface area (Å²) in [6.07, 6.45) is 2.49. The number of ether oxygens (including phenoxy) is 3. The molecule has 2 aromatic rings. The molecule has 0 saturated heterocycles. The predicted octanol–water partition coefficient (Wildman–Crippen LogP) is 3.28. The molecule has 1 heterocycles. The van der Waals surface area contributed by atoms with E-state index in [1.807, 2.05) is 31.2 Å². The Morgan fingerprint density at radius 2 is 1.81 bits per heavy atom. The van der Waals surface area contributed by atoms with Gasteiger partial charge < -0.3 is 19.5 Å². The molecule has 0 spiro atoms. The van der Waals surface area contributed by atoms with E-state index in [1.165, 1.54) is 4.31 Å². The molecule has 2 aromatic carbocycles. The van der Waals surface area contributed by atoms with Crippen molar-refractivity contribution < 1.29 is 27.4 Å². The molecule has 0 aliphatic carbocycles.